The Balaban J connectivity index is 0.000000177. The van der Waals surface area contributed by atoms with Crippen LogP contribution in [0.5, 0.6) is 0 Å². The molecule has 3 atom stereocenters. The van der Waals surface area contributed by atoms with E-state index in [1.165, 1.54) is 16.9 Å². The number of nitrogens with zero attached hydrogens (tertiary/aromatic N) is 1. The Morgan fingerprint density at radius 1 is 1.26 bits per heavy atom. The molecule has 5 rings (SSSR count). The molecule has 1 aliphatic heterocycles. The number of rotatable bonds is 3. The fourth-order valence-corrected chi connectivity index (χ4v) is 6.70. The number of carbonyl (C=O) groups is 2. The van der Waals surface area contributed by atoms with Crippen molar-refractivity contribution < 1.29 is 14.7 Å². The number of thiophene rings is 1. The molecular weight excluding hydrogens is 430 g/mol. The number of carboxylic acid groups (broad SMARTS) is 1. The van der Waals surface area contributed by atoms with Crippen LogP contribution >= 0.6 is 22.9 Å². The van der Waals surface area contributed by atoms with Crippen molar-refractivity contribution in [1.29, 1.82) is 0 Å². The maximum absolute atomic E-state index is 11.7. The van der Waals surface area contributed by atoms with Crippen LogP contribution in [-0.4, -0.2) is 28.3 Å². The summed E-state index contributed by atoms with van der Waals surface area (Å²) >= 11 is 7.92. The summed E-state index contributed by atoms with van der Waals surface area (Å²) in [6, 6.07) is 8.58. The molecule has 2 fully saturated rings. The Labute approximate surface area is 193 Å². The third kappa shape index (κ3) is 3.85. The number of halogens is 1. The molecule has 2 unspecified atom stereocenters. The highest BCUT2D eigenvalue weighted by Gasteiger charge is 2.61. The lowest BCUT2D eigenvalue weighted by molar-refractivity contribution is -0.144. The highest BCUT2D eigenvalue weighted by atomic mass is 35.5. The average Bonchev–Trinajstić information content (AvgIpc) is 3.32. The molecule has 6 heteroatoms. The Hall–Kier alpha value is -1.69. The van der Waals surface area contributed by atoms with Gasteiger partial charge in [-0.3, -0.25) is 14.5 Å². The second-order valence-corrected chi connectivity index (χ2v) is 11.2. The summed E-state index contributed by atoms with van der Waals surface area (Å²) in [6.45, 7) is 8.09. The second kappa shape index (κ2) is 8.34. The lowest BCUT2D eigenvalue weighted by Crippen LogP contribution is -2.37. The minimum absolute atomic E-state index is 0.0255. The molecule has 3 aliphatic rings. The van der Waals surface area contributed by atoms with Crippen molar-refractivity contribution in [1.82, 2.24) is 4.90 Å². The van der Waals surface area contributed by atoms with E-state index in [1.54, 1.807) is 23.5 Å². The number of carbonyl (C=O) groups excluding carboxylic acids is 1. The van der Waals surface area contributed by atoms with Gasteiger partial charge in [-0.25, -0.2) is 0 Å². The van der Waals surface area contributed by atoms with Crippen LogP contribution in [-0.2, 0) is 22.6 Å². The largest absolute Gasteiger partial charge is 0.480 e. The van der Waals surface area contributed by atoms with Gasteiger partial charge in [-0.05, 0) is 59.2 Å². The molecule has 0 saturated heterocycles. The predicted octanol–water partition coefficient (Wildman–Crippen LogP) is 5.99. The first-order valence-electron chi connectivity index (χ1n) is 10.9. The molecule has 0 amide bonds. The van der Waals surface area contributed by atoms with Crippen molar-refractivity contribution in [2.24, 2.45) is 16.7 Å². The monoisotopic (exact) mass is 459 g/mol. The van der Waals surface area contributed by atoms with Gasteiger partial charge >= 0.3 is 5.97 Å². The smallest absolute Gasteiger partial charge is 0.325 e. The van der Waals surface area contributed by atoms with Crippen molar-refractivity contribution in [3.63, 3.8) is 0 Å². The Morgan fingerprint density at radius 2 is 2.00 bits per heavy atom. The fourth-order valence-electron chi connectivity index (χ4n) is 5.57. The van der Waals surface area contributed by atoms with Crippen molar-refractivity contribution in [3.05, 3.63) is 56.7 Å². The van der Waals surface area contributed by atoms with E-state index >= 15 is 0 Å². The van der Waals surface area contributed by atoms with Gasteiger partial charge in [0.2, 0.25) is 0 Å². The summed E-state index contributed by atoms with van der Waals surface area (Å²) in [5.41, 5.74) is 2.21. The summed E-state index contributed by atoms with van der Waals surface area (Å²) in [4.78, 5) is 26.6. The van der Waals surface area contributed by atoms with Gasteiger partial charge < -0.3 is 5.11 Å². The van der Waals surface area contributed by atoms with Gasteiger partial charge in [0.1, 0.15) is 11.8 Å². The van der Waals surface area contributed by atoms with E-state index in [9.17, 15) is 14.7 Å². The van der Waals surface area contributed by atoms with Crippen LogP contribution in [0.3, 0.4) is 0 Å². The number of ketones is 1. The number of Topliss-reactive ketones (excluding diaryl/α,β-unsaturated/α-hetero) is 1. The topological polar surface area (TPSA) is 57.6 Å². The van der Waals surface area contributed by atoms with Gasteiger partial charge in [-0.15, -0.1) is 11.3 Å². The van der Waals surface area contributed by atoms with Gasteiger partial charge in [0.25, 0.3) is 0 Å². The molecule has 2 heterocycles. The van der Waals surface area contributed by atoms with Gasteiger partial charge in [-0.2, -0.15) is 0 Å². The zero-order valence-electron chi connectivity index (χ0n) is 18.4. The van der Waals surface area contributed by atoms with Crippen LogP contribution in [0.4, 0.5) is 0 Å². The Kier molecular flexibility index (Phi) is 6.06. The lowest BCUT2D eigenvalue weighted by Gasteiger charge is -2.32. The molecule has 1 N–H and O–H groups in total. The van der Waals surface area contributed by atoms with E-state index in [1.807, 2.05) is 17.0 Å². The molecule has 1 aromatic heterocycles. The van der Waals surface area contributed by atoms with Crippen molar-refractivity contribution in [2.75, 3.05) is 6.54 Å². The first kappa shape index (κ1) is 22.5. The third-order valence-electron chi connectivity index (χ3n) is 8.12. The number of carboxylic acids is 1. The van der Waals surface area contributed by atoms with Crippen molar-refractivity contribution in [3.8, 4) is 0 Å². The van der Waals surface area contributed by atoms with Gasteiger partial charge in [0, 0.05) is 34.8 Å². The standard InChI is InChI=1S/C15H14ClNO2S.C10H16O/c16-12-4-2-1-3-11(12)14(15(18)19)17-7-5-13-10(9-17)6-8-20-13;1-9(2)7-4-5-10(9,3)8(11)6-7/h1-4,6,8,14H,5,7,9H2,(H,18,19);7H,4-6H2,1-3H3/t14-;/m0./s1. The average molecular weight is 460 g/mol. The van der Waals surface area contributed by atoms with E-state index in [4.69, 9.17) is 11.6 Å². The summed E-state index contributed by atoms with van der Waals surface area (Å²) in [7, 11) is 0. The van der Waals surface area contributed by atoms with Crippen LogP contribution in [0.25, 0.3) is 0 Å². The Bertz CT molecular complexity index is 1000. The van der Waals surface area contributed by atoms with Crippen LogP contribution in [0.15, 0.2) is 35.7 Å². The normalized spacial score (nSPS) is 27.4. The number of hydrogen-bond acceptors (Lipinski definition) is 4. The summed E-state index contributed by atoms with van der Waals surface area (Å²) in [5, 5.41) is 12.2. The van der Waals surface area contributed by atoms with E-state index < -0.39 is 12.0 Å². The highest BCUT2D eigenvalue weighted by molar-refractivity contribution is 7.10. The molecule has 0 spiro atoms. The van der Waals surface area contributed by atoms with E-state index in [2.05, 4.69) is 32.2 Å². The van der Waals surface area contributed by atoms with Crippen molar-refractivity contribution >= 4 is 34.7 Å². The van der Waals surface area contributed by atoms with Gasteiger partial charge in [0.05, 0.1) is 0 Å². The third-order valence-corrected chi connectivity index (χ3v) is 9.49. The molecule has 1 aromatic carbocycles. The summed E-state index contributed by atoms with van der Waals surface area (Å²) in [6.07, 6.45) is 4.16. The first-order valence-corrected chi connectivity index (χ1v) is 12.2. The van der Waals surface area contributed by atoms with E-state index in [0.29, 0.717) is 28.8 Å². The summed E-state index contributed by atoms with van der Waals surface area (Å²) < 4.78 is 0. The molecule has 2 aromatic rings. The number of hydrogen-bond donors (Lipinski definition) is 1. The van der Waals surface area contributed by atoms with E-state index in [0.717, 1.165) is 25.8 Å². The molecule has 4 nitrogen and oxygen atoms in total. The second-order valence-electron chi connectivity index (χ2n) is 9.77. The number of aliphatic carboxylic acids is 1. The first-order chi connectivity index (χ1) is 14.6. The van der Waals surface area contributed by atoms with Crippen LogP contribution < -0.4 is 0 Å². The molecule has 2 aliphatic carbocycles. The lowest BCUT2D eigenvalue weighted by atomic mass is 9.70. The van der Waals surface area contributed by atoms with E-state index in [-0.39, 0.29) is 10.8 Å². The minimum Gasteiger partial charge on any atom is -0.480 e. The maximum Gasteiger partial charge on any atom is 0.325 e. The maximum atomic E-state index is 11.7. The molecule has 2 bridgehead atoms. The van der Waals surface area contributed by atoms with Crippen molar-refractivity contribution in [2.45, 2.75) is 59.0 Å². The molecule has 0 radical (unpaired) electrons. The quantitative estimate of drug-likeness (QED) is 0.612. The number of fused-ring (bicyclic) bond motifs is 3. The van der Waals surface area contributed by atoms with Crippen LogP contribution in [0.1, 0.15) is 62.1 Å². The highest BCUT2D eigenvalue weighted by Crippen LogP contribution is 2.63. The Morgan fingerprint density at radius 3 is 2.55 bits per heavy atom. The molecule has 2 saturated carbocycles. The molecule has 166 valence electrons. The zero-order chi connectivity index (χ0) is 22.4. The fraction of sp³-hybridized carbons (Fsp3) is 0.520. The van der Waals surface area contributed by atoms with Gasteiger partial charge in [0.15, 0.2) is 0 Å². The SMILES string of the molecule is CC12CCC(CC1=O)C2(C)C.O=C(O)[C@H](c1ccccc1Cl)N1CCc2sccc2C1. The number of benzene rings is 1. The predicted molar refractivity (Wildman–Crippen MR) is 124 cm³/mol. The van der Waals surface area contributed by atoms with Gasteiger partial charge in [-0.1, -0.05) is 50.6 Å². The molecule has 31 heavy (non-hydrogen) atoms. The summed E-state index contributed by atoms with van der Waals surface area (Å²) in [5.74, 6) is 0.343. The zero-order valence-corrected chi connectivity index (χ0v) is 19.9. The van der Waals surface area contributed by atoms with Crippen LogP contribution in [0, 0.1) is 16.7 Å². The molecular formula is C25H30ClNO3S. The van der Waals surface area contributed by atoms with Crippen LogP contribution in [0.2, 0.25) is 5.02 Å². The minimum atomic E-state index is -0.850.